The van der Waals surface area contributed by atoms with Gasteiger partial charge in [0.25, 0.3) is 0 Å². The third-order valence-corrected chi connectivity index (χ3v) is 3.18. The van der Waals surface area contributed by atoms with Crippen LogP contribution in [0.25, 0.3) is 6.08 Å². The summed E-state index contributed by atoms with van der Waals surface area (Å²) in [7, 11) is 1.62. The third-order valence-electron chi connectivity index (χ3n) is 3.18. The van der Waals surface area contributed by atoms with E-state index in [4.69, 9.17) is 4.74 Å². The van der Waals surface area contributed by atoms with Crippen LogP contribution in [0, 0.1) is 19.7 Å². The highest BCUT2D eigenvalue weighted by atomic mass is 19.1. The topological polar surface area (TPSA) is 51.2 Å². The number of methoxy groups -OCH3 is 1. The number of halogens is 1. The van der Waals surface area contributed by atoms with Crippen LogP contribution in [0.2, 0.25) is 0 Å². The molecule has 0 atom stereocenters. The third kappa shape index (κ3) is 3.91. The summed E-state index contributed by atoms with van der Waals surface area (Å²) in [6.45, 7) is 3.91. The Morgan fingerprint density at radius 1 is 1.27 bits per heavy atom. The van der Waals surface area contributed by atoms with Crippen LogP contribution in [-0.4, -0.2) is 18.0 Å². The molecular weight excluding hydrogens is 283 g/mol. The van der Waals surface area contributed by atoms with Gasteiger partial charge in [0.2, 0.25) is 5.91 Å². The van der Waals surface area contributed by atoms with Gasteiger partial charge in [0, 0.05) is 6.08 Å². The Bertz CT molecular complexity index is 686. The van der Waals surface area contributed by atoms with Crippen molar-refractivity contribution in [2.24, 2.45) is 0 Å². The number of carbonyl (C=O) groups excluding carboxylic acids is 1. The minimum Gasteiger partial charge on any atom is -0.497 e. The second-order valence-electron chi connectivity index (χ2n) is 4.86. The number of aromatic nitrogens is 1. The van der Waals surface area contributed by atoms with Gasteiger partial charge in [0.1, 0.15) is 17.4 Å². The van der Waals surface area contributed by atoms with Gasteiger partial charge in [-0.15, -0.1) is 0 Å². The average molecular weight is 300 g/mol. The van der Waals surface area contributed by atoms with Crippen molar-refractivity contribution in [3.8, 4) is 5.75 Å². The van der Waals surface area contributed by atoms with Crippen molar-refractivity contribution >= 4 is 17.8 Å². The van der Waals surface area contributed by atoms with Gasteiger partial charge in [0.15, 0.2) is 0 Å². The molecule has 1 amide bonds. The van der Waals surface area contributed by atoms with Crippen molar-refractivity contribution in [2.45, 2.75) is 13.8 Å². The monoisotopic (exact) mass is 300 g/mol. The van der Waals surface area contributed by atoms with E-state index in [0.29, 0.717) is 5.82 Å². The number of carbonyl (C=O) groups is 1. The molecule has 1 aromatic carbocycles. The predicted octanol–water partition coefficient (Wildman–Crippen LogP) is 3.50. The zero-order valence-corrected chi connectivity index (χ0v) is 12.7. The maximum Gasteiger partial charge on any atom is 0.249 e. The Labute approximate surface area is 128 Å². The highest BCUT2D eigenvalue weighted by Gasteiger charge is 2.04. The first-order chi connectivity index (χ1) is 10.5. The van der Waals surface area contributed by atoms with Crippen LogP contribution < -0.4 is 10.1 Å². The summed E-state index contributed by atoms with van der Waals surface area (Å²) in [5.74, 6) is 0.318. The smallest absolute Gasteiger partial charge is 0.249 e. The van der Waals surface area contributed by atoms with Crippen LogP contribution in [0.4, 0.5) is 10.2 Å². The van der Waals surface area contributed by atoms with Crippen molar-refractivity contribution < 1.29 is 13.9 Å². The second kappa shape index (κ2) is 6.85. The Balaban J connectivity index is 2.11. The van der Waals surface area contributed by atoms with E-state index in [0.717, 1.165) is 28.6 Å². The maximum absolute atomic E-state index is 12.7. The summed E-state index contributed by atoms with van der Waals surface area (Å²) in [5, 5.41) is 2.57. The average Bonchev–Trinajstić information content (AvgIpc) is 2.48. The number of anilines is 1. The van der Waals surface area contributed by atoms with E-state index in [2.05, 4.69) is 10.3 Å². The first-order valence-electron chi connectivity index (χ1n) is 6.75. The van der Waals surface area contributed by atoms with E-state index < -0.39 is 5.82 Å². The zero-order valence-electron chi connectivity index (χ0n) is 12.7. The first kappa shape index (κ1) is 15.7. The fourth-order valence-electron chi connectivity index (χ4n) is 2.09. The summed E-state index contributed by atoms with van der Waals surface area (Å²) in [6, 6.07) is 6.47. The lowest BCUT2D eigenvalue weighted by Crippen LogP contribution is -2.09. The zero-order chi connectivity index (χ0) is 16.1. The number of amides is 1. The van der Waals surface area contributed by atoms with Gasteiger partial charge in [0.05, 0.1) is 13.3 Å². The summed E-state index contributed by atoms with van der Waals surface area (Å²) >= 11 is 0. The van der Waals surface area contributed by atoms with E-state index in [1.807, 2.05) is 26.0 Å². The molecule has 0 radical (unpaired) electrons. The molecule has 1 aromatic heterocycles. The van der Waals surface area contributed by atoms with Gasteiger partial charge >= 0.3 is 0 Å². The number of rotatable bonds is 4. The minimum absolute atomic E-state index is 0.305. The molecule has 0 aliphatic heterocycles. The SMILES string of the molecule is COc1cc(C)c(/C=C/C(=O)Nc2ccc(F)cn2)c(C)c1. The molecule has 114 valence electrons. The number of nitrogens with one attached hydrogen (secondary N) is 1. The first-order valence-corrected chi connectivity index (χ1v) is 6.75. The van der Waals surface area contributed by atoms with E-state index in [9.17, 15) is 9.18 Å². The summed E-state index contributed by atoms with van der Waals surface area (Å²) in [6.07, 6.45) is 4.22. The van der Waals surface area contributed by atoms with Crippen molar-refractivity contribution in [1.82, 2.24) is 4.98 Å². The molecule has 1 N–H and O–H groups in total. The second-order valence-corrected chi connectivity index (χ2v) is 4.86. The molecule has 0 spiro atoms. The van der Waals surface area contributed by atoms with Gasteiger partial charge in [-0.2, -0.15) is 0 Å². The van der Waals surface area contributed by atoms with Gasteiger partial charge in [-0.1, -0.05) is 0 Å². The number of benzene rings is 1. The Morgan fingerprint density at radius 3 is 2.50 bits per heavy atom. The van der Waals surface area contributed by atoms with Crippen molar-refractivity contribution in [2.75, 3.05) is 12.4 Å². The molecule has 2 rings (SSSR count). The summed E-state index contributed by atoms with van der Waals surface area (Å²) < 4.78 is 17.9. The molecule has 1 heterocycles. The van der Waals surface area contributed by atoms with Crippen molar-refractivity contribution in [3.05, 3.63) is 59.0 Å². The lowest BCUT2D eigenvalue weighted by molar-refractivity contribution is -0.111. The molecule has 2 aromatic rings. The lowest BCUT2D eigenvalue weighted by atomic mass is 10.0. The minimum atomic E-state index is -0.446. The normalized spacial score (nSPS) is 10.7. The number of hydrogen-bond donors (Lipinski definition) is 1. The summed E-state index contributed by atoms with van der Waals surface area (Å²) in [5.41, 5.74) is 2.99. The van der Waals surface area contributed by atoms with E-state index in [1.165, 1.54) is 18.2 Å². The number of ether oxygens (including phenoxy) is 1. The molecular formula is C17H17FN2O2. The van der Waals surface area contributed by atoms with Gasteiger partial charge < -0.3 is 10.1 Å². The lowest BCUT2D eigenvalue weighted by Gasteiger charge is -2.08. The standard InChI is InChI=1S/C17H17FN2O2/c1-11-8-14(22-3)9-12(2)15(11)5-7-17(21)20-16-6-4-13(18)10-19-16/h4-10H,1-3H3,(H,19,20,21)/b7-5+. The van der Waals surface area contributed by atoms with Crippen LogP contribution in [0.3, 0.4) is 0 Å². The van der Waals surface area contributed by atoms with Crippen molar-refractivity contribution in [3.63, 3.8) is 0 Å². The van der Waals surface area contributed by atoms with E-state index in [-0.39, 0.29) is 5.91 Å². The molecule has 0 unspecified atom stereocenters. The van der Waals surface area contributed by atoms with Crippen LogP contribution in [0.15, 0.2) is 36.5 Å². The molecule has 0 bridgehead atoms. The number of nitrogens with zero attached hydrogens (tertiary/aromatic N) is 1. The Kier molecular flexibility index (Phi) is 4.88. The Morgan fingerprint density at radius 2 is 1.95 bits per heavy atom. The number of aryl methyl sites for hydroxylation is 2. The van der Waals surface area contributed by atoms with Gasteiger partial charge in [-0.25, -0.2) is 9.37 Å². The van der Waals surface area contributed by atoms with Crippen LogP contribution in [0.1, 0.15) is 16.7 Å². The largest absolute Gasteiger partial charge is 0.497 e. The highest BCUT2D eigenvalue weighted by Crippen LogP contribution is 2.22. The quantitative estimate of drug-likeness (QED) is 0.879. The molecule has 0 aliphatic rings. The fraction of sp³-hybridized carbons (Fsp3) is 0.176. The predicted molar refractivity (Wildman–Crippen MR) is 84.3 cm³/mol. The van der Waals surface area contributed by atoms with E-state index in [1.54, 1.807) is 13.2 Å². The van der Waals surface area contributed by atoms with Crippen LogP contribution in [-0.2, 0) is 4.79 Å². The van der Waals surface area contributed by atoms with Gasteiger partial charge in [-0.05, 0) is 60.9 Å². The van der Waals surface area contributed by atoms with Gasteiger partial charge in [-0.3, -0.25) is 4.79 Å². The van der Waals surface area contributed by atoms with Crippen LogP contribution >= 0.6 is 0 Å². The molecule has 0 fully saturated rings. The van der Waals surface area contributed by atoms with Crippen LogP contribution in [0.5, 0.6) is 5.75 Å². The van der Waals surface area contributed by atoms with E-state index >= 15 is 0 Å². The molecule has 0 saturated heterocycles. The molecule has 0 aliphatic carbocycles. The number of pyridine rings is 1. The highest BCUT2D eigenvalue weighted by molar-refractivity contribution is 6.01. The molecule has 5 heteroatoms. The Hall–Kier alpha value is -2.69. The fourth-order valence-corrected chi connectivity index (χ4v) is 2.09. The maximum atomic E-state index is 12.7. The number of hydrogen-bond acceptors (Lipinski definition) is 3. The van der Waals surface area contributed by atoms with Crippen molar-refractivity contribution in [1.29, 1.82) is 0 Å². The molecule has 4 nitrogen and oxygen atoms in total. The summed E-state index contributed by atoms with van der Waals surface area (Å²) in [4.78, 5) is 15.6. The molecule has 0 saturated carbocycles. The molecule has 22 heavy (non-hydrogen) atoms.